The highest BCUT2D eigenvalue weighted by molar-refractivity contribution is 6.01. The summed E-state index contributed by atoms with van der Waals surface area (Å²) in [5, 5.41) is 0. The first-order chi connectivity index (χ1) is 10.7. The summed E-state index contributed by atoms with van der Waals surface area (Å²) in [6.07, 6.45) is 4.05. The van der Waals surface area contributed by atoms with Crippen LogP contribution in [0.15, 0.2) is 36.7 Å². The van der Waals surface area contributed by atoms with Gasteiger partial charge in [0.25, 0.3) is 0 Å². The van der Waals surface area contributed by atoms with Gasteiger partial charge >= 0.3 is 0 Å². The lowest BCUT2D eigenvalue weighted by molar-refractivity contribution is -0.117. The summed E-state index contributed by atoms with van der Waals surface area (Å²) in [6.45, 7) is 0.373. The van der Waals surface area contributed by atoms with E-state index < -0.39 is 0 Å². The predicted molar refractivity (Wildman–Crippen MR) is 83.4 cm³/mol. The largest absolute Gasteiger partial charge is 0.325 e. The molecule has 0 unspecified atom stereocenters. The van der Waals surface area contributed by atoms with E-state index in [4.69, 9.17) is 5.73 Å². The lowest BCUT2D eigenvalue weighted by atomic mass is 10.0. The molecule has 0 radical (unpaired) electrons. The van der Waals surface area contributed by atoms with Gasteiger partial charge in [0, 0.05) is 37.2 Å². The Bertz CT molecular complexity index is 899. The molecule has 1 aromatic carbocycles. The zero-order valence-corrected chi connectivity index (χ0v) is 12.2. The molecule has 0 aliphatic carbocycles. The molecule has 0 saturated heterocycles. The molecule has 1 aliphatic rings. The van der Waals surface area contributed by atoms with Crippen LogP contribution in [0.1, 0.15) is 11.3 Å². The number of aromatic nitrogens is 3. The first-order valence-corrected chi connectivity index (χ1v) is 7.11. The van der Waals surface area contributed by atoms with Crippen molar-refractivity contribution < 1.29 is 4.79 Å². The van der Waals surface area contributed by atoms with Gasteiger partial charge in [-0.05, 0) is 23.8 Å². The minimum Gasteiger partial charge on any atom is -0.325 e. The van der Waals surface area contributed by atoms with Gasteiger partial charge in [0.2, 0.25) is 11.7 Å². The minimum absolute atomic E-state index is 0.114. The zero-order valence-electron chi connectivity index (χ0n) is 12.2. The Labute approximate surface area is 127 Å². The van der Waals surface area contributed by atoms with E-state index in [0.717, 1.165) is 28.2 Å². The number of likely N-dealkylation sites (N-methyl/N-ethyl adjacent to an activating group) is 1. The number of anilines is 1. The van der Waals surface area contributed by atoms with Crippen molar-refractivity contribution in [3.8, 4) is 11.3 Å². The van der Waals surface area contributed by atoms with E-state index in [9.17, 15) is 4.79 Å². The lowest BCUT2D eigenvalue weighted by Gasteiger charge is -2.10. The highest BCUT2D eigenvalue weighted by atomic mass is 16.2. The first-order valence-electron chi connectivity index (χ1n) is 7.11. The molecule has 1 amide bonds. The minimum atomic E-state index is 0.114. The first kappa shape index (κ1) is 13.0. The molecule has 0 spiro atoms. The summed E-state index contributed by atoms with van der Waals surface area (Å²) in [5.74, 6) is 0.745. The molecular weight excluding hydrogens is 278 g/mol. The summed E-state index contributed by atoms with van der Waals surface area (Å²) < 4.78 is 1.90. The highest BCUT2D eigenvalue weighted by Crippen LogP contribution is 2.33. The van der Waals surface area contributed by atoms with Crippen molar-refractivity contribution in [2.45, 2.75) is 13.0 Å². The third-order valence-electron chi connectivity index (χ3n) is 4.13. The number of benzene rings is 1. The van der Waals surface area contributed by atoms with E-state index >= 15 is 0 Å². The van der Waals surface area contributed by atoms with Gasteiger partial charge < -0.3 is 10.6 Å². The number of carbonyl (C=O) groups is 1. The smallest absolute Gasteiger partial charge is 0.234 e. The molecule has 6 heteroatoms. The summed E-state index contributed by atoms with van der Waals surface area (Å²) >= 11 is 0. The molecule has 0 saturated carbocycles. The van der Waals surface area contributed by atoms with E-state index in [-0.39, 0.29) is 5.91 Å². The quantitative estimate of drug-likeness (QED) is 0.774. The number of nitrogens with zero attached hydrogens (tertiary/aromatic N) is 4. The van der Waals surface area contributed by atoms with E-state index in [2.05, 4.69) is 9.97 Å². The Morgan fingerprint density at radius 1 is 1.36 bits per heavy atom. The van der Waals surface area contributed by atoms with Crippen LogP contribution in [0.5, 0.6) is 0 Å². The molecule has 2 aromatic heterocycles. The number of hydrogen-bond donors (Lipinski definition) is 1. The van der Waals surface area contributed by atoms with Gasteiger partial charge in [0.05, 0.1) is 17.8 Å². The lowest BCUT2D eigenvalue weighted by Crippen LogP contribution is -2.20. The Morgan fingerprint density at radius 2 is 2.23 bits per heavy atom. The van der Waals surface area contributed by atoms with Gasteiger partial charge in [-0.3, -0.25) is 9.20 Å². The second-order valence-corrected chi connectivity index (χ2v) is 5.37. The van der Waals surface area contributed by atoms with Gasteiger partial charge in [-0.25, -0.2) is 9.97 Å². The average Bonchev–Trinajstić information content (AvgIpc) is 3.05. The van der Waals surface area contributed by atoms with Crippen LogP contribution in [-0.4, -0.2) is 27.3 Å². The molecule has 0 bridgehead atoms. The Balaban J connectivity index is 1.90. The zero-order chi connectivity index (χ0) is 15.3. The van der Waals surface area contributed by atoms with Crippen LogP contribution >= 0.6 is 0 Å². The number of hydrogen-bond acceptors (Lipinski definition) is 4. The number of amides is 1. The van der Waals surface area contributed by atoms with Crippen LogP contribution < -0.4 is 10.6 Å². The second kappa shape index (κ2) is 4.64. The third kappa shape index (κ3) is 1.74. The monoisotopic (exact) mass is 293 g/mol. The van der Waals surface area contributed by atoms with Crippen LogP contribution in [0.3, 0.4) is 0 Å². The maximum absolute atomic E-state index is 11.8. The molecule has 0 atom stereocenters. The fourth-order valence-corrected chi connectivity index (χ4v) is 2.98. The van der Waals surface area contributed by atoms with Crippen molar-refractivity contribution in [1.82, 2.24) is 14.4 Å². The summed E-state index contributed by atoms with van der Waals surface area (Å²) in [6, 6.07) is 7.83. The molecule has 3 heterocycles. The standard InChI is InChI=1S/C16H15N5O/c1-20-12-4-3-10(7-11(12)8-14(20)22)15-13(9-17)21-6-2-5-18-16(21)19-15/h2-7H,8-9,17H2,1H3. The number of carbonyl (C=O) groups excluding carboxylic acids is 1. The van der Waals surface area contributed by atoms with E-state index in [1.54, 1.807) is 18.1 Å². The summed E-state index contributed by atoms with van der Waals surface area (Å²) in [4.78, 5) is 22.4. The fraction of sp³-hybridized carbons (Fsp3) is 0.188. The topological polar surface area (TPSA) is 76.5 Å². The highest BCUT2D eigenvalue weighted by Gasteiger charge is 2.25. The third-order valence-corrected chi connectivity index (χ3v) is 4.13. The second-order valence-electron chi connectivity index (χ2n) is 5.37. The van der Waals surface area contributed by atoms with Crippen LogP contribution in [0.25, 0.3) is 17.0 Å². The van der Waals surface area contributed by atoms with E-state index in [0.29, 0.717) is 18.7 Å². The molecule has 3 aromatic rings. The maximum Gasteiger partial charge on any atom is 0.234 e. The molecule has 1 aliphatic heterocycles. The van der Waals surface area contributed by atoms with Gasteiger partial charge in [0.1, 0.15) is 0 Å². The van der Waals surface area contributed by atoms with Gasteiger partial charge in [-0.2, -0.15) is 0 Å². The fourth-order valence-electron chi connectivity index (χ4n) is 2.98. The SMILES string of the molecule is CN1C(=O)Cc2cc(-c3nc4ncccn4c3CN)ccc21. The van der Waals surface area contributed by atoms with Crippen LogP contribution in [0, 0.1) is 0 Å². The van der Waals surface area contributed by atoms with Crippen molar-refractivity contribution in [3.05, 3.63) is 47.9 Å². The molecule has 0 fully saturated rings. The Kier molecular flexibility index (Phi) is 2.74. The molecule has 22 heavy (non-hydrogen) atoms. The van der Waals surface area contributed by atoms with E-state index in [1.165, 1.54) is 0 Å². The normalized spacial score (nSPS) is 13.9. The number of rotatable bonds is 2. The molecule has 110 valence electrons. The molecule has 6 nitrogen and oxygen atoms in total. The maximum atomic E-state index is 11.8. The Hall–Kier alpha value is -2.73. The molecular formula is C16H15N5O. The van der Waals surface area contributed by atoms with Crippen LogP contribution in [0.2, 0.25) is 0 Å². The van der Waals surface area contributed by atoms with Gasteiger partial charge in [0.15, 0.2) is 0 Å². The van der Waals surface area contributed by atoms with Crippen molar-refractivity contribution in [2.75, 3.05) is 11.9 Å². The Morgan fingerprint density at radius 3 is 3.05 bits per heavy atom. The number of fused-ring (bicyclic) bond motifs is 2. The number of imidazole rings is 1. The molecule has 4 rings (SSSR count). The molecule has 2 N–H and O–H groups in total. The van der Waals surface area contributed by atoms with Crippen molar-refractivity contribution in [2.24, 2.45) is 5.73 Å². The average molecular weight is 293 g/mol. The van der Waals surface area contributed by atoms with Gasteiger partial charge in [-0.15, -0.1) is 0 Å². The predicted octanol–water partition coefficient (Wildman–Crippen LogP) is 1.37. The van der Waals surface area contributed by atoms with Gasteiger partial charge in [-0.1, -0.05) is 6.07 Å². The van der Waals surface area contributed by atoms with Crippen molar-refractivity contribution >= 4 is 17.4 Å². The van der Waals surface area contributed by atoms with Crippen molar-refractivity contribution in [3.63, 3.8) is 0 Å². The van der Waals surface area contributed by atoms with Crippen LogP contribution in [-0.2, 0) is 17.8 Å². The number of nitrogens with two attached hydrogens (primary N) is 1. The summed E-state index contributed by atoms with van der Waals surface area (Å²) in [7, 11) is 1.80. The van der Waals surface area contributed by atoms with Crippen LogP contribution in [0.4, 0.5) is 5.69 Å². The summed E-state index contributed by atoms with van der Waals surface area (Å²) in [5.41, 5.74) is 10.6. The van der Waals surface area contributed by atoms with E-state index in [1.807, 2.05) is 34.9 Å². The van der Waals surface area contributed by atoms with Crippen molar-refractivity contribution in [1.29, 1.82) is 0 Å².